The number of imidazole rings is 1. The number of rotatable bonds is 1. The van der Waals surface area contributed by atoms with E-state index in [0.29, 0.717) is 0 Å². The molecular formula is C11H14BrN3. The first kappa shape index (κ1) is 10.6. The van der Waals surface area contributed by atoms with Gasteiger partial charge in [0.15, 0.2) is 5.65 Å². The normalized spacial score (nSPS) is 12.3. The lowest BCUT2D eigenvalue weighted by Gasteiger charge is -2.15. The molecule has 2 rings (SSSR count). The van der Waals surface area contributed by atoms with Crippen LogP contribution in [0.3, 0.4) is 0 Å². The second kappa shape index (κ2) is 3.59. The van der Waals surface area contributed by atoms with Gasteiger partial charge in [-0.2, -0.15) is 0 Å². The SMILES string of the molecule is CC(C)(C)Cc1nc2ncc(Br)cc2[nH]1. The second-order valence-corrected chi connectivity index (χ2v) is 5.86. The van der Waals surface area contributed by atoms with Gasteiger partial charge in [0.05, 0.1) is 5.52 Å². The number of pyridine rings is 1. The Morgan fingerprint density at radius 2 is 2.13 bits per heavy atom. The first-order valence-electron chi connectivity index (χ1n) is 4.94. The van der Waals surface area contributed by atoms with Crippen LogP contribution >= 0.6 is 15.9 Å². The van der Waals surface area contributed by atoms with E-state index in [1.54, 1.807) is 6.20 Å². The van der Waals surface area contributed by atoms with Gasteiger partial charge in [-0.05, 0) is 27.4 Å². The molecule has 1 N–H and O–H groups in total. The number of hydrogen-bond donors (Lipinski definition) is 1. The summed E-state index contributed by atoms with van der Waals surface area (Å²) < 4.78 is 0.973. The highest BCUT2D eigenvalue weighted by Crippen LogP contribution is 2.21. The van der Waals surface area contributed by atoms with Gasteiger partial charge < -0.3 is 4.98 Å². The molecule has 0 unspecified atom stereocenters. The van der Waals surface area contributed by atoms with Crippen LogP contribution in [-0.2, 0) is 6.42 Å². The minimum Gasteiger partial charge on any atom is -0.341 e. The summed E-state index contributed by atoms with van der Waals surface area (Å²) in [7, 11) is 0. The summed E-state index contributed by atoms with van der Waals surface area (Å²) in [6, 6.07) is 2.00. The molecule has 0 aliphatic rings. The average molecular weight is 268 g/mol. The Bertz CT molecular complexity index is 482. The fourth-order valence-electron chi connectivity index (χ4n) is 1.51. The van der Waals surface area contributed by atoms with E-state index in [2.05, 4.69) is 51.7 Å². The number of nitrogens with one attached hydrogen (secondary N) is 1. The molecule has 0 bridgehead atoms. The zero-order valence-electron chi connectivity index (χ0n) is 9.13. The molecule has 2 heterocycles. The van der Waals surface area contributed by atoms with E-state index in [1.165, 1.54) is 0 Å². The molecule has 0 aromatic carbocycles. The van der Waals surface area contributed by atoms with Crippen LogP contribution in [0, 0.1) is 5.41 Å². The maximum absolute atomic E-state index is 4.45. The first-order valence-corrected chi connectivity index (χ1v) is 5.73. The van der Waals surface area contributed by atoms with E-state index in [-0.39, 0.29) is 5.41 Å². The Hall–Kier alpha value is -0.900. The maximum Gasteiger partial charge on any atom is 0.177 e. The quantitative estimate of drug-likeness (QED) is 0.862. The molecule has 0 aliphatic carbocycles. The molecule has 2 aromatic rings. The summed E-state index contributed by atoms with van der Waals surface area (Å²) in [6.07, 6.45) is 2.70. The summed E-state index contributed by atoms with van der Waals surface area (Å²) in [5, 5.41) is 0. The number of hydrogen-bond acceptors (Lipinski definition) is 2. The van der Waals surface area contributed by atoms with Crippen LogP contribution in [0.5, 0.6) is 0 Å². The molecule has 0 fully saturated rings. The molecule has 80 valence electrons. The van der Waals surface area contributed by atoms with E-state index in [1.807, 2.05) is 6.07 Å². The number of aromatic nitrogens is 3. The number of H-pyrrole nitrogens is 1. The molecule has 0 amide bonds. The summed E-state index contributed by atoms with van der Waals surface area (Å²) in [5.74, 6) is 1.00. The van der Waals surface area contributed by atoms with Crippen LogP contribution in [0.1, 0.15) is 26.6 Å². The topological polar surface area (TPSA) is 41.6 Å². The molecule has 0 radical (unpaired) electrons. The number of aromatic amines is 1. The molecule has 0 atom stereocenters. The third-order valence-electron chi connectivity index (χ3n) is 2.05. The van der Waals surface area contributed by atoms with Crippen LogP contribution in [0.2, 0.25) is 0 Å². The molecule has 3 nitrogen and oxygen atoms in total. The second-order valence-electron chi connectivity index (χ2n) is 4.95. The Balaban J connectivity index is 2.39. The van der Waals surface area contributed by atoms with E-state index in [0.717, 1.165) is 27.9 Å². The van der Waals surface area contributed by atoms with Gasteiger partial charge in [-0.1, -0.05) is 20.8 Å². The molecule has 2 aromatic heterocycles. The summed E-state index contributed by atoms with van der Waals surface area (Å²) in [4.78, 5) is 12.0. The maximum atomic E-state index is 4.45. The largest absolute Gasteiger partial charge is 0.341 e. The van der Waals surface area contributed by atoms with Crippen molar-refractivity contribution in [1.82, 2.24) is 15.0 Å². The van der Waals surface area contributed by atoms with Crippen molar-refractivity contribution in [2.45, 2.75) is 27.2 Å². The van der Waals surface area contributed by atoms with Crippen LogP contribution in [0.4, 0.5) is 0 Å². The van der Waals surface area contributed by atoms with Gasteiger partial charge >= 0.3 is 0 Å². The predicted octanol–water partition coefficient (Wildman–Crippen LogP) is 3.31. The fourth-order valence-corrected chi connectivity index (χ4v) is 1.84. The molecule has 0 saturated heterocycles. The molecule has 0 spiro atoms. The first-order chi connectivity index (χ1) is 6.94. The van der Waals surface area contributed by atoms with E-state index in [9.17, 15) is 0 Å². The monoisotopic (exact) mass is 267 g/mol. The van der Waals surface area contributed by atoms with Crippen LogP contribution in [0.15, 0.2) is 16.7 Å². The minimum absolute atomic E-state index is 0.241. The van der Waals surface area contributed by atoms with Crippen LogP contribution in [-0.4, -0.2) is 15.0 Å². The van der Waals surface area contributed by atoms with Gasteiger partial charge in [0.1, 0.15) is 5.82 Å². The van der Waals surface area contributed by atoms with E-state index in [4.69, 9.17) is 0 Å². The van der Waals surface area contributed by atoms with Crippen LogP contribution in [0.25, 0.3) is 11.2 Å². The van der Waals surface area contributed by atoms with Gasteiger partial charge in [0.25, 0.3) is 0 Å². The van der Waals surface area contributed by atoms with Gasteiger partial charge in [-0.15, -0.1) is 0 Å². The van der Waals surface area contributed by atoms with Crippen molar-refractivity contribution >= 4 is 27.1 Å². The highest BCUT2D eigenvalue weighted by Gasteiger charge is 2.14. The van der Waals surface area contributed by atoms with Gasteiger partial charge in [0, 0.05) is 17.1 Å². The lowest BCUT2D eigenvalue weighted by molar-refractivity contribution is 0.402. The zero-order chi connectivity index (χ0) is 11.1. The van der Waals surface area contributed by atoms with Crippen molar-refractivity contribution in [3.05, 3.63) is 22.6 Å². The summed E-state index contributed by atoms with van der Waals surface area (Å²) >= 11 is 3.39. The third-order valence-corrected chi connectivity index (χ3v) is 2.48. The smallest absolute Gasteiger partial charge is 0.177 e. The molecule has 0 saturated carbocycles. The van der Waals surface area contributed by atoms with Gasteiger partial charge in [-0.3, -0.25) is 0 Å². The van der Waals surface area contributed by atoms with Crippen molar-refractivity contribution in [1.29, 1.82) is 0 Å². The Morgan fingerprint density at radius 1 is 1.40 bits per heavy atom. The Labute approximate surface area is 97.5 Å². The zero-order valence-corrected chi connectivity index (χ0v) is 10.7. The standard InChI is InChI=1S/C11H14BrN3/c1-11(2,3)5-9-14-8-4-7(12)6-13-10(8)15-9/h4,6H,5H2,1-3H3,(H,13,14,15). The van der Waals surface area contributed by atoms with Crippen molar-refractivity contribution in [3.8, 4) is 0 Å². The number of halogens is 1. The highest BCUT2D eigenvalue weighted by atomic mass is 79.9. The number of fused-ring (bicyclic) bond motifs is 1. The minimum atomic E-state index is 0.241. The molecule has 15 heavy (non-hydrogen) atoms. The highest BCUT2D eigenvalue weighted by molar-refractivity contribution is 9.10. The summed E-state index contributed by atoms with van der Waals surface area (Å²) in [5.41, 5.74) is 2.02. The fraction of sp³-hybridized carbons (Fsp3) is 0.455. The van der Waals surface area contributed by atoms with E-state index < -0.39 is 0 Å². The lowest BCUT2D eigenvalue weighted by atomic mass is 9.92. The van der Waals surface area contributed by atoms with Gasteiger partial charge in [-0.25, -0.2) is 9.97 Å². The van der Waals surface area contributed by atoms with Crippen molar-refractivity contribution in [2.24, 2.45) is 5.41 Å². The van der Waals surface area contributed by atoms with Crippen LogP contribution < -0.4 is 0 Å². The Morgan fingerprint density at radius 3 is 2.80 bits per heavy atom. The van der Waals surface area contributed by atoms with E-state index >= 15 is 0 Å². The molecular weight excluding hydrogens is 254 g/mol. The molecule has 4 heteroatoms. The summed E-state index contributed by atoms with van der Waals surface area (Å²) in [6.45, 7) is 6.59. The van der Waals surface area contributed by atoms with Crippen molar-refractivity contribution < 1.29 is 0 Å². The predicted molar refractivity (Wildman–Crippen MR) is 64.7 cm³/mol. The third kappa shape index (κ3) is 2.56. The lowest BCUT2D eigenvalue weighted by Crippen LogP contribution is -2.10. The molecule has 0 aliphatic heterocycles. The van der Waals surface area contributed by atoms with Gasteiger partial charge in [0.2, 0.25) is 0 Å². The van der Waals surface area contributed by atoms with Crippen molar-refractivity contribution in [3.63, 3.8) is 0 Å². The Kier molecular flexibility index (Phi) is 2.54. The van der Waals surface area contributed by atoms with Crippen molar-refractivity contribution in [2.75, 3.05) is 0 Å². The number of nitrogens with zero attached hydrogens (tertiary/aromatic N) is 2. The average Bonchev–Trinajstić information content (AvgIpc) is 2.42.